The summed E-state index contributed by atoms with van der Waals surface area (Å²) in [7, 11) is 0. The van der Waals surface area contributed by atoms with Gasteiger partial charge in [0.25, 0.3) is 0 Å². The predicted molar refractivity (Wildman–Crippen MR) is 90.5 cm³/mol. The van der Waals surface area contributed by atoms with Crippen molar-refractivity contribution in [3.63, 3.8) is 0 Å². The molecule has 1 aliphatic heterocycles. The Bertz CT molecular complexity index is 347. The first-order chi connectivity index (χ1) is 10.2. The minimum absolute atomic E-state index is 0.724. The number of allylic oxidation sites excluding steroid dienone is 1. The second-order valence-electron chi connectivity index (χ2n) is 7.84. The average Bonchev–Trinajstić information content (AvgIpc) is 2.47. The van der Waals surface area contributed by atoms with Crippen LogP contribution >= 0.6 is 0 Å². The molecular weight excluding hydrogens is 256 g/mol. The van der Waals surface area contributed by atoms with Crippen LogP contribution in [-0.4, -0.2) is 36.6 Å². The maximum Gasteiger partial charge on any atom is 0.0148 e. The van der Waals surface area contributed by atoms with E-state index in [1.807, 2.05) is 0 Å². The van der Waals surface area contributed by atoms with Gasteiger partial charge in [-0.3, -0.25) is 0 Å². The molecule has 1 saturated carbocycles. The number of rotatable bonds is 5. The third kappa shape index (κ3) is 3.90. The van der Waals surface area contributed by atoms with Gasteiger partial charge in [0.1, 0.15) is 0 Å². The average molecular weight is 290 g/mol. The van der Waals surface area contributed by atoms with E-state index >= 15 is 0 Å². The summed E-state index contributed by atoms with van der Waals surface area (Å²) >= 11 is 0. The number of nitrogens with one attached hydrogen (secondary N) is 1. The fourth-order valence-electron chi connectivity index (χ4n) is 4.76. The minimum atomic E-state index is 0.724. The Labute approximate surface area is 131 Å². The van der Waals surface area contributed by atoms with Gasteiger partial charge in [-0.25, -0.2) is 0 Å². The lowest BCUT2D eigenvalue weighted by Gasteiger charge is -2.49. The van der Waals surface area contributed by atoms with Gasteiger partial charge < -0.3 is 10.2 Å². The third-order valence-corrected chi connectivity index (χ3v) is 6.05. The summed E-state index contributed by atoms with van der Waals surface area (Å²) in [6, 6.07) is 1.53. The van der Waals surface area contributed by atoms with Crippen molar-refractivity contribution in [2.24, 2.45) is 11.8 Å². The van der Waals surface area contributed by atoms with Crippen LogP contribution in [0, 0.1) is 11.8 Å². The second kappa shape index (κ2) is 7.28. The van der Waals surface area contributed by atoms with Gasteiger partial charge in [-0.1, -0.05) is 18.1 Å². The van der Waals surface area contributed by atoms with E-state index in [2.05, 4.69) is 30.1 Å². The molecule has 2 unspecified atom stereocenters. The first-order valence-corrected chi connectivity index (χ1v) is 9.39. The quantitative estimate of drug-likeness (QED) is 0.771. The Balaban J connectivity index is 1.50. The van der Waals surface area contributed by atoms with E-state index in [0.717, 1.165) is 23.9 Å². The number of hydrogen-bond acceptors (Lipinski definition) is 2. The van der Waals surface area contributed by atoms with Crippen molar-refractivity contribution >= 4 is 0 Å². The maximum atomic E-state index is 3.96. The zero-order valence-electron chi connectivity index (χ0n) is 14.1. The van der Waals surface area contributed by atoms with Gasteiger partial charge in [0.05, 0.1) is 0 Å². The Morgan fingerprint density at radius 1 is 1.14 bits per heavy atom. The van der Waals surface area contributed by atoms with Gasteiger partial charge in [0, 0.05) is 25.2 Å². The van der Waals surface area contributed by atoms with Crippen LogP contribution in [0.3, 0.4) is 0 Å². The van der Waals surface area contributed by atoms with Crippen LogP contribution in [0.25, 0.3) is 0 Å². The number of likely N-dealkylation sites (tertiary alicyclic amines) is 1. The SMILES string of the molecule is CC(C)N1CC2CCCC(C1)C2NCCC1=CCCCC1. The van der Waals surface area contributed by atoms with Gasteiger partial charge in [-0.15, -0.1) is 0 Å². The van der Waals surface area contributed by atoms with E-state index in [0.29, 0.717) is 0 Å². The van der Waals surface area contributed by atoms with Gasteiger partial charge in [0.15, 0.2) is 0 Å². The number of fused-ring (bicyclic) bond motifs is 2. The molecule has 2 atom stereocenters. The van der Waals surface area contributed by atoms with Crippen LogP contribution in [0.15, 0.2) is 11.6 Å². The highest BCUT2D eigenvalue weighted by Gasteiger charge is 2.39. The number of nitrogens with zero attached hydrogens (tertiary/aromatic N) is 1. The first kappa shape index (κ1) is 15.6. The topological polar surface area (TPSA) is 15.3 Å². The highest BCUT2D eigenvalue weighted by Crippen LogP contribution is 2.35. The van der Waals surface area contributed by atoms with E-state index in [-0.39, 0.29) is 0 Å². The molecule has 2 fully saturated rings. The summed E-state index contributed by atoms with van der Waals surface area (Å²) in [4.78, 5) is 2.72. The number of piperidine rings is 1. The van der Waals surface area contributed by atoms with Crippen LogP contribution in [0.2, 0.25) is 0 Å². The van der Waals surface area contributed by atoms with Crippen LogP contribution in [0.5, 0.6) is 0 Å². The molecule has 2 aliphatic carbocycles. The Hall–Kier alpha value is -0.340. The molecular formula is C19H34N2. The summed E-state index contributed by atoms with van der Waals surface area (Å²) in [5, 5.41) is 3.96. The molecule has 0 radical (unpaired) electrons. The summed E-state index contributed by atoms with van der Waals surface area (Å²) in [5.41, 5.74) is 1.72. The van der Waals surface area contributed by atoms with Crippen LogP contribution in [0.1, 0.15) is 65.2 Å². The largest absolute Gasteiger partial charge is 0.313 e. The Morgan fingerprint density at radius 3 is 2.52 bits per heavy atom. The molecule has 2 bridgehead atoms. The van der Waals surface area contributed by atoms with E-state index in [1.165, 1.54) is 71.0 Å². The third-order valence-electron chi connectivity index (χ3n) is 6.05. The van der Waals surface area contributed by atoms with E-state index < -0.39 is 0 Å². The lowest BCUT2D eigenvalue weighted by Crippen LogP contribution is -2.58. The molecule has 3 aliphatic rings. The molecule has 1 N–H and O–H groups in total. The number of hydrogen-bond donors (Lipinski definition) is 1. The monoisotopic (exact) mass is 290 g/mol. The van der Waals surface area contributed by atoms with Crippen LogP contribution in [-0.2, 0) is 0 Å². The molecule has 1 saturated heterocycles. The smallest absolute Gasteiger partial charge is 0.0148 e. The molecule has 0 aromatic carbocycles. The summed E-state index contributed by atoms with van der Waals surface area (Å²) in [6.07, 6.45) is 13.7. The highest BCUT2D eigenvalue weighted by molar-refractivity contribution is 5.05. The minimum Gasteiger partial charge on any atom is -0.313 e. The van der Waals surface area contributed by atoms with Gasteiger partial charge in [0.2, 0.25) is 0 Å². The second-order valence-corrected chi connectivity index (χ2v) is 7.84. The highest BCUT2D eigenvalue weighted by atomic mass is 15.2. The van der Waals surface area contributed by atoms with Gasteiger partial charge >= 0.3 is 0 Å². The van der Waals surface area contributed by atoms with E-state index in [1.54, 1.807) is 5.57 Å². The van der Waals surface area contributed by atoms with Crippen molar-refractivity contribution in [2.45, 2.75) is 77.3 Å². The molecule has 2 heteroatoms. The van der Waals surface area contributed by atoms with Crippen LogP contribution < -0.4 is 5.32 Å². The summed E-state index contributed by atoms with van der Waals surface area (Å²) < 4.78 is 0. The van der Waals surface area contributed by atoms with Crippen molar-refractivity contribution in [1.82, 2.24) is 10.2 Å². The molecule has 3 rings (SSSR count). The van der Waals surface area contributed by atoms with E-state index in [4.69, 9.17) is 0 Å². The molecule has 2 nitrogen and oxygen atoms in total. The molecule has 0 aromatic heterocycles. The molecule has 0 aromatic rings. The van der Waals surface area contributed by atoms with Crippen molar-refractivity contribution in [3.05, 3.63) is 11.6 Å². The van der Waals surface area contributed by atoms with Crippen molar-refractivity contribution in [3.8, 4) is 0 Å². The lowest BCUT2D eigenvalue weighted by molar-refractivity contribution is 0.0299. The first-order valence-electron chi connectivity index (χ1n) is 9.39. The van der Waals surface area contributed by atoms with Crippen LogP contribution in [0.4, 0.5) is 0 Å². The van der Waals surface area contributed by atoms with Crippen molar-refractivity contribution in [1.29, 1.82) is 0 Å². The van der Waals surface area contributed by atoms with Gasteiger partial charge in [-0.05, 0) is 77.2 Å². The lowest BCUT2D eigenvalue weighted by atomic mass is 9.73. The van der Waals surface area contributed by atoms with Crippen molar-refractivity contribution < 1.29 is 0 Å². The molecule has 21 heavy (non-hydrogen) atoms. The Morgan fingerprint density at radius 2 is 1.90 bits per heavy atom. The molecule has 120 valence electrons. The van der Waals surface area contributed by atoms with Gasteiger partial charge in [-0.2, -0.15) is 0 Å². The summed E-state index contributed by atoms with van der Waals surface area (Å²) in [5.74, 6) is 1.81. The standard InChI is InChI=1S/C19H34N2/c1-15(2)21-13-17-9-6-10-18(14-21)19(17)20-12-11-16-7-4-3-5-8-16/h7,15,17-20H,3-6,8-14H2,1-2H3. The fraction of sp³-hybridized carbons (Fsp3) is 0.895. The predicted octanol–water partition coefficient (Wildman–Crippen LogP) is 3.98. The van der Waals surface area contributed by atoms with Crippen molar-refractivity contribution in [2.75, 3.05) is 19.6 Å². The summed E-state index contributed by atoms with van der Waals surface area (Å²) in [6.45, 7) is 8.59. The molecule has 0 spiro atoms. The molecule has 0 amide bonds. The zero-order valence-corrected chi connectivity index (χ0v) is 14.1. The molecule has 1 heterocycles. The van der Waals surface area contributed by atoms with E-state index in [9.17, 15) is 0 Å². The normalized spacial score (nSPS) is 34.0. The fourth-order valence-corrected chi connectivity index (χ4v) is 4.76. The maximum absolute atomic E-state index is 3.96. The zero-order chi connectivity index (χ0) is 14.7. The Kier molecular flexibility index (Phi) is 5.39.